The molecule has 26 heavy (non-hydrogen) atoms. The van der Waals surface area contributed by atoms with Crippen LogP contribution in [0.4, 0.5) is 11.4 Å². The van der Waals surface area contributed by atoms with Crippen molar-refractivity contribution in [3.8, 4) is 5.88 Å². The van der Waals surface area contributed by atoms with E-state index in [1.165, 1.54) is 11.3 Å². The molecule has 1 aromatic heterocycles. The average Bonchev–Trinajstić information content (AvgIpc) is 3.19. The summed E-state index contributed by atoms with van der Waals surface area (Å²) in [5, 5.41) is 10.5. The Morgan fingerprint density at radius 2 is 2.04 bits per heavy atom. The summed E-state index contributed by atoms with van der Waals surface area (Å²) < 4.78 is 1.71. The zero-order chi connectivity index (χ0) is 18.1. The van der Waals surface area contributed by atoms with E-state index in [1.54, 1.807) is 16.3 Å². The number of thiazole rings is 1. The monoisotopic (exact) mass is 379 g/mol. The van der Waals surface area contributed by atoms with E-state index >= 15 is 0 Å². The lowest BCUT2D eigenvalue weighted by Gasteiger charge is -1.99. The molecular formula is C20H17N3OS2. The lowest BCUT2D eigenvalue weighted by molar-refractivity contribution is 0.427. The van der Waals surface area contributed by atoms with Gasteiger partial charge in [-0.1, -0.05) is 35.6 Å². The minimum Gasteiger partial charge on any atom is -0.493 e. The summed E-state index contributed by atoms with van der Waals surface area (Å²) in [4.78, 5) is 11.8. The van der Waals surface area contributed by atoms with Crippen molar-refractivity contribution in [2.45, 2.75) is 4.90 Å². The first-order valence-corrected chi connectivity index (χ1v) is 10.1. The average molecular weight is 380 g/mol. The molecule has 2 aromatic carbocycles. The molecule has 0 saturated heterocycles. The molecule has 1 aliphatic rings. The molecule has 2 heterocycles. The molecule has 4 rings (SSSR count). The van der Waals surface area contributed by atoms with Gasteiger partial charge in [0.15, 0.2) is 4.80 Å². The van der Waals surface area contributed by atoms with E-state index in [4.69, 9.17) is 4.99 Å². The molecule has 0 radical (unpaired) electrons. The predicted octanol–water partition coefficient (Wildman–Crippen LogP) is 5.00. The topological polar surface area (TPSA) is 49.9 Å². The number of aromatic nitrogens is 1. The number of aliphatic imine (C=N–C) groups is 1. The van der Waals surface area contributed by atoms with Crippen LogP contribution in [0.2, 0.25) is 0 Å². The Hall–Kier alpha value is -2.57. The van der Waals surface area contributed by atoms with Crippen LogP contribution >= 0.6 is 23.1 Å². The molecule has 0 amide bonds. The van der Waals surface area contributed by atoms with Crippen molar-refractivity contribution in [3.63, 3.8) is 0 Å². The van der Waals surface area contributed by atoms with Gasteiger partial charge in [-0.2, -0.15) is 0 Å². The van der Waals surface area contributed by atoms with Gasteiger partial charge in [0.05, 0.1) is 16.3 Å². The van der Waals surface area contributed by atoms with Gasteiger partial charge in [-0.05, 0) is 36.6 Å². The first-order chi connectivity index (χ1) is 12.7. The summed E-state index contributed by atoms with van der Waals surface area (Å²) in [6.45, 7) is 0. The second kappa shape index (κ2) is 6.97. The van der Waals surface area contributed by atoms with Crippen molar-refractivity contribution in [3.05, 3.63) is 63.8 Å². The number of rotatable bonds is 3. The van der Waals surface area contributed by atoms with Crippen LogP contribution in [0.25, 0.3) is 11.6 Å². The Bertz CT molecular complexity index is 1110. The SMILES string of the molecule is CSc1cccc(N=c2sc(/C=C3\C=Nc4ccccc43)c(O)n2C)c1. The minimum absolute atomic E-state index is 0.208. The summed E-state index contributed by atoms with van der Waals surface area (Å²) in [6, 6.07) is 16.1. The van der Waals surface area contributed by atoms with Crippen molar-refractivity contribution in [2.24, 2.45) is 17.0 Å². The van der Waals surface area contributed by atoms with Gasteiger partial charge in [-0.3, -0.25) is 9.56 Å². The number of allylic oxidation sites excluding steroid dienone is 1. The Balaban J connectivity index is 1.77. The van der Waals surface area contributed by atoms with Crippen molar-refractivity contribution in [2.75, 3.05) is 6.26 Å². The van der Waals surface area contributed by atoms with Gasteiger partial charge in [-0.15, -0.1) is 11.8 Å². The summed E-state index contributed by atoms with van der Waals surface area (Å²) in [5.41, 5.74) is 3.90. The summed E-state index contributed by atoms with van der Waals surface area (Å²) in [5.74, 6) is 0.208. The molecule has 6 heteroatoms. The van der Waals surface area contributed by atoms with Crippen LogP contribution in [-0.2, 0) is 7.05 Å². The number of hydrogen-bond donors (Lipinski definition) is 1. The van der Waals surface area contributed by atoms with Crippen LogP contribution in [0.1, 0.15) is 10.4 Å². The lowest BCUT2D eigenvalue weighted by Crippen LogP contribution is -2.08. The highest BCUT2D eigenvalue weighted by molar-refractivity contribution is 7.98. The fraction of sp³-hybridized carbons (Fsp3) is 0.100. The maximum absolute atomic E-state index is 10.5. The van der Waals surface area contributed by atoms with Gasteiger partial charge < -0.3 is 5.11 Å². The van der Waals surface area contributed by atoms with Crippen molar-refractivity contribution >= 4 is 52.3 Å². The largest absolute Gasteiger partial charge is 0.493 e. The summed E-state index contributed by atoms with van der Waals surface area (Å²) in [6.07, 6.45) is 5.84. The molecule has 0 bridgehead atoms. The Labute approximate surface area is 159 Å². The number of para-hydroxylation sites is 1. The number of thioether (sulfide) groups is 1. The molecule has 130 valence electrons. The van der Waals surface area contributed by atoms with Crippen LogP contribution < -0.4 is 4.80 Å². The molecule has 3 aromatic rings. The minimum atomic E-state index is 0.208. The van der Waals surface area contributed by atoms with Crippen LogP contribution in [0, 0.1) is 0 Å². The number of hydrogen-bond acceptors (Lipinski definition) is 5. The normalized spacial score (nSPS) is 15.0. The van der Waals surface area contributed by atoms with E-state index in [9.17, 15) is 5.11 Å². The van der Waals surface area contributed by atoms with E-state index in [2.05, 4.69) is 11.1 Å². The molecule has 1 aliphatic heterocycles. The molecule has 1 N–H and O–H groups in total. The smallest absolute Gasteiger partial charge is 0.210 e. The predicted molar refractivity (Wildman–Crippen MR) is 111 cm³/mol. The third kappa shape index (κ3) is 3.13. The zero-order valence-electron chi connectivity index (χ0n) is 14.4. The second-order valence-electron chi connectivity index (χ2n) is 5.82. The van der Waals surface area contributed by atoms with Crippen molar-refractivity contribution in [1.82, 2.24) is 4.57 Å². The van der Waals surface area contributed by atoms with Gasteiger partial charge in [0.25, 0.3) is 0 Å². The van der Waals surface area contributed by atoms with E-state index < -0.39 is 0 Å². The second-order valence-corrected chi connectivity index (χ2v) is 7.71. The molecule has 0 atom stereocenters. The third-order valence-electron chi connectivity index (χ3n) is 4.15. The molecule has 4 nitrogen and oxygen atoms in total. The summed E-state index contributed by atoms with van der Waals surface area (Å²) in [7, 11) is 1.82. The Morgan fingerprint density at radius 1 is 1.19 bits per heavy atom. The standard InChI is InChI=1S/C20H17N3OS2/c1-23-19(24)18(10-13-12-21-17-9-4-3-8-16(13)17)26-20(23)22-14-6-5-7-15(11-14)25-2/h3-12,24H,1-2H3/b13-10+,22-20?. The first kappa shape index (κ1) is 16.9. The molecular weight excluding hydrogens is 362 g/mol. The molecule has 0 fully saturated rings. The van der Waals surface area contributed by atoms with Gasteiger partial charge in [0.1, 0.15) is 0 Å². The number of benzene rings is 2. The number of fused-ring (bicyclic) bond motifs is 1. The van der Waals surface area contributed by atoms with Gasteiger partial charge in [0, 0.05) is 29.3 Å². The Kier molecular flexibility index (Phi) is 4.53. The van der Waals surface area contributed by atoms with Crippen LogP contribution in [0.15, 0.2) is 63.4 Å². The van der Waals surface area contributed by atoms with Gasteiger partial charge >= 0.3 is 0 Å². The number of aromatic hydroxyl groups is 1. The fourth-order valence-electron chi connectivity index (χ4n) is 2.75. The first-order valence-electron chi connectivity index (χ1n) is 8.08. The van der Waals surface area contributed by atoms with Gasteiger partial charge in [0.2, 0.25) is 5.88 Å². The van der Waals surface area contributed by atoms with Crippen LogP contribution in [0.3, 0.4) is 0 Å². The van der Waals surface area contributed by atoms with Crippen LogP contribution in [-0.4, -0.2) is 22.1 Å². The van der Waals surface area contributed by atoms with Crippen molar-refractivity contribution in [1.29, 1.82) is 0 Å². The zero-order valence-corrected chi connectivity index (χ0v) is 16.0. The molecule has 0 aliphatic carbocycles. The van der Waals surface area contributed by atoms with Crippen molar-refractivity contribution < 1.29 is 5.11 Å². The Morgan fingerprint density at radius 3 is 2.88 bits per heavy atom. The number of nitrogens with zero attached hydrogens (tertiary/aromatic N) is 3. The fourth-order valence-corrected chi connectivity index (χ4v) is 4.18. The molecule has 0 saturated carbocycles. The maximum Gasteiger partial charge on any atom is 0.210 e. The quantitative estimate of drug-likeness (QED) is 0.651. The highest BCUT2D eigenvalue weighted by atomic mass is 32.2. The van der Waals surface area contributed by atoms with Gasteiger partial charge in [-0.25, -0.2) is 4.99 Å². The highest BCUT2D eigenvalue weighted by Crippen LogP contribution is 2.34. The molecule has 0 spiro atoms. The van der Waals surface area contributed by atoms with E-state index in [-0.39, 0.29) is 5.88 Å². The molecule has 0 unspecified atom stereocenters. The van der Waals surface area contributed by atoms with E-state index in [0.29, 0.717) is 0 Å². The lowest BCUT2D eigenvalue weighted by atomic mass is 10.1. The third-order valence-corrected chi connectivity index (χ3v) is 5.94. The highest BCUT2D eigenvalue weighted by Gasteiger charge is 2.14. The van der Waals surface area contributed by atoms with E-state index in [1.807, 2.05) is 68.1 Å². The summed E-state index contributed by atoms with van der Waals surface area (Å²) >= 11 is 3.14. The maximum atomic E-state index is 10.5. The van der Waals surface area contributed by atoms with Crippen LogP contribution in [0.5, 0.6) is 5.88 Å². The van der Waals surface area contributed by atoms with E-state index in [0.717, 1.165) is 37.1 Å².